The summed E-state index contributed by atoms with van der Waals surface area (Å²) in [6, 6.07) is 2.31. The first-order valence-corrected chi connectivity index (χ1v) is 6.93. The average Bonchev–Trinajstić information content (AvgIpc) is 2.44. The molecular formula is C13H26N6O. The molecular weight excluding hydrogens is 256 g/mol. The molecule has 0 atom stereocenters. The number of nitrogen functional groups attached to an aromatic ring is 1. The lowest BCUT2D eigenvalue weighted by molar-refractivity contribution is 0.128. The van der Waals surface area contributed by atoms with E-state index in [1.807, 2.05) is 6.92 Å². The Balaban J connectivity index is 2.59. The molecule has 0 spiro atoms. The van der Waals surface area contributed by atoms with Crippen molar-refractivity contribution < 1.29 is 4.74 Å². The first-order valence-electron chi connectivity index (χ1n) is 6.93. The van der Waals surface area contributed by atoms with Gasteiger partial charge in [-0.05, 0) is 27.8 Å². The molecule has 7 nitrogen and oxygen atoms in total. The van der Waals surface area contributed by atoms with Crippen LogP contribution in [0.1, 0.15) is 26.6 Å². The third kappa shape index (κ3) is 5.68. The van der Waals surface area contributed by atoms with Gasteiger partial charge < -0.3 is 20.4 Å². The van der Waals surface area contributed by atoms with Crippen LogP contribution in [0.4, 0.5) is 11.6 Å². The molecule has 114 valence electrons. The minimum absolute atomic E-state index is 0.382. The maximum absolute atomic E-state index is 5.42. The number of hydrazine groups is 1. The van der Waals surface area contributed by atoms with Gasteiger partial charge in [0.25, 0.3) is 0 Å². The molecule has 1 heterocycles. The van der Waals surface area contributed by atoms with Crippen LogP contribution in [0.25, 0.3) is 0 Å². The van der Waals surface area contributed by atoms with E-state index in [-0.39, 0.29) is 0 Å². The Morgan fingerprint density at radius 3 is 2.65 bits per heavy atom. The molecule has 1 aromatic rings. The van der Waals surface area contributed by atoms with E-state index in [4.69, 9.17) is 10.6 Å². The summed E-state index contributed by atoms with van der Waals surface area (Å²) in [5, 5.41) is 3.28. The zero-order chi connectivity index (χ0) is 15.0. The monoisotopic (exact) mass is 282 g/mol. The van der Waals surface area contributed by atoms with E-state index in [1.165, 1.54) is 0 Å². The summed E-state index contributed by atoms with van der Waals surface area (Å²) in [5.74, 6) is 7.36. The van der Waals surface area contributed by atoms with Gasteiger partial charge in [-0.25, -0.2) is 15.8 Å². The number of ether oxygens (including phenoxy) is 1. The molecule has 4 N–H and O–H groups in total. The fraction of sp³-hybridized carbons (Fsp3) is 0.692. The van der Waals surface area contributed by atoms with Crippen LogP contribution in [0, 0.1) is 0 Å². The van der Waals surface area contributed by atoms with Crippen molar-refractivity contribution in [2.45, 2.75) is 33.4 Å². The van der Waals surface area contributed by atoms with Crippen LogP contribution >= 0.6 is 0 Å². The molecule has 1 aromatic heterocycles. The lowest BCUT2D eigenvalue weighted by atomic mass is 10.3. The lowest BCUT2D eigenvalue weighted by Gasteiger charge is -2.21. The number of hydrogen-bond donors (Lipinski definition) is 3. The van der Waals surface area contributed by atoms with Crippen molar-refractivity contribution in [3.8, 4) is 0 Å². The highest BCUT2D eigenvalue weighted by molar-refractivity contribution is 5.46. The van der Waals surface area contributed by atoms with E-state index in [2.05, 4.69) is 46.5 Å². The molecule has 0 saturated heterocycles. The van der Waals surface area contributed by atoms with E-state index in [0.29, 0.717) is 30.9 Å². The number of nitrogens with zero attached hydrogens (tertiary/aromatic N) is 3. The van der Waals surface area contributed by atoms with Crippen LogP contribution in [0.3, 0.4) is 0 Å². The summed E-state index contributed by atoms with van der Waals surface area (Å²) >= 11 is 0. The van der Waals surface area contributed by atoms with Crippen molar-refractivity contribution in [2.75, 3.05) is 37.5 Å². The maximum Gasteiger partial charge on any atom is 0.158 e. The second-order valence-corrected chi connectivity index (χ2v) is 4.84. The van der Waals surface area contributed by atoms with Crippen molar-refractivity contribution in [3.05, 3.63) is 11.9 Å². The zero-order valence-electron chi connectivity index (χ0n) is 12.8. The number of nitrogens with one attached hydrogen (secondary N) is 2. The van der Waals surface area contributed by atoms with E-state index in [1.54, 1.807) is 6.07 Å². The average molecular weight is 282 g/mol. The van der Waals surface area contributed by atoms with Crippen molar-refractivity contribution in [1.82, 2.24) is 14.9 Å². The van der Waals surface area contributed by atoms with Crippen LogP contribution < -0.4 is 16.6 Å². The largest absolute Gasteiger partial charge is 0.374 e. The molecule has 0 aliphatic carbocycles. The molecule has 0 aromatic carbocycles. The topological polar surface area (TPSA) is 88.3 Å². The molecule has 0 aliphatic heterocycles. The second-order valence-electron chi connectivity index (χ2n) is 4.84. The van der Waals surface area contributed by atoms with Gasteiger partial charge in [0.1, 0.15) is 18.2 Å². The fourth-order valence-corrected chi connectivity index (χ4v) is 1.54. The summed E-state index contributed by atoms with van der Waals surface area (Å²) in [6.45, 7) is 9.03. The third-order valence-corrected chi connectivity index (χ3v) is 3.01. The zero-order valence-corrected chi connectivity index (χ0v) is 12.8. The Labute approximate surface area is 120 Å². The summed E-state index contributed by atoms with van der Waals surface area (Å²) in [7, 11) is 2.10. The minimum atomic E-state index is 0.382. The smallest absolute Gasteiger partial charge is 0.158 e. The van der Waals surface area contributed by atoms with E-state index in [0.717, 1.165) is 18.9 Å². The van der Waals surface area contributed by atoms with Gasteiger partial charge in [0.15, 0.2) is 5.82 Å². The van der Waals surface area contributed by atoms with Crippen molar-refractivity contribution >= 4 is 11.6 Å². The van der Waals surface area contributed by atoms with Gasteiger partial charge in [-0.3, -0.25) is 0 Å². The highest BCUT2D eigenvalue weighted by Gasteiger charge is 2.06. The molecule has 0 bridgehead atoms. The lowest BCUT2D eigenvalue weighted by Crippen LogP contribution is -2.31. The van der Waals surface area contributed by atoms with Crippen molar-refractivity contribution in [3.63, 3.8) is 0 Å². The van der Waals surface area contributed by atoms with Gasteiger partial charge in [-0.15, -0.1) is 0 Å². The molecule has 0 aliphatic rings. The normalized spacial score (nSPS) is 11.2. The van der Waals surface area contributed by atoms with Crippen molar-refractivity contribution in [2.24, 2.45) is 5.84 Å². The second kappa shape index (κ2) is 8.68. The van der Waals surface area contributed by atoms with Gasteiger partial charge in [0.2, 0.25) is 0 Å². The van der Waals surface area contributed by atoms with Gasteiger partial charge in [-0.2, -0.15) is 0 Å². The number of likely N-dealkylation sites (N-methyl/N-ethyl adjacent to an activating group) is 1. The molecule has 20 heavy (non-hydrogen) atoms. The fourth-order valence-electron chi connectivity index (χ4n) is 1.54. The maximum atomic E-state index is 5.42. The predicted octanol–water partition coefficient (Wildman–Crippen LogP) is 1.05. The van der Waals surface area contributed by atoms with Gasteiger partial charge in [0.05, 0.1) is 0 Å². The number of nitrogens with two attached hydrogens (primary N) is 1. The first kappa shape index (κ1) is 16.6. The number of anilines is 2. The van der Waals surface area contributed by atoms with Crippen LogP contribution in [0.5, 0.6) is 0 Å². The highest BCUT2D eigenvalue weighted by atomic mass is 16.5. The summed E-state index contributed by atoms with van der Waals surface area (Å²) in [6.07, 6.45) is 0. The third-order valence-electron chi connectivity index (χ3n) is 3.01. The molecule has 0 unspecified atom stereocenters. The highest BCUT2D eigenvalue weighted by Crippen LogP contribution is 2.11. The van der Waals surface area contributed by atoms with E-state index >= 15 is 0 Å². The number of rotatable bonds is 9. The van der Waals surface area contributed by atoms with Crippen molar-refractivity contribution in [1.29, 1.82) is 0 Å². The van der Waals surface area contributed by atoms with Crippen LogP contribution in [0.2, 0.25) is 0 Å². The molecule has 0 fully saturated rings. The molecule has 0 amide bonds. The standard InChI is InChI=1S/C13H26N6O/c1-5-20-9-13-16-11(8-12(17-13)18-14)15-6-7-19(4)10(2)3/h8,10H,5-7,9,14H2,1-4H3,(H2,15,16,17,18). The minimum Gasteiger partial charge on any atom is -0.374 e. The first-order chi connectivity index (χ1) is 9.56. The van der Waals surface area contributed by atoms with Gasteiger partial charge in [-0.1, -0.05) is 0 Å². The Morgan fingerprint density at radius 2 is 2.05 bits per heavy atom. The van der Waals surface area contributed by atoms with E-state index < -0.39 is 0 Å². The summed E-state index contributed by atoms with van der Waals surface area (Å²) in [5.41, 5.74) is 2.54. The van der Waals surface area contributed by atoms with Crippen LogP contribution in [-0.2, 0) is 11.3 Å². The number of aromatic nitrogens is 2. The Kier molecular flexibility index (Phi) is 7.21. The van der Waals surface area contributed by atoms with Gasteiger partial charge in [0, 0.05) is 31.8 Å². The molecule has 1 rings (SSSR count). The summed E-state index contributed by atoms with van der Waals surface area (Å²) < 4.78 is 5.32. The SMILES string of the molecule is CCOCc1nc(NN)cc(NCCN(C)C(C)C)n1. The van der Waals surface area contributed by atoms with Gasteiger partial charge >= 0.3 is 0 Å². The quantitative estimate of drug-likeness (QED) is 0.461. The number of hydrogen-bond acceptors (Lipinski definition) is 7. The Hall–Kier alpha value is -1.44. The molecule has 0 saturated carbocycles. The van der Waals surface area contributed by atoms with Crippen LogP contribution in [-0.4, -0.2) is 47.7 Å². The van der Waals surface area contributed by atoms with Crippen LogP contribution in [0.15, 0.2) is 6.07 Å². The Bertz CT molecular complexity index is 398. The predicted molar refractivity (Wildman–Crippen MR) is 81.4 cm³/mol. The summed E-state index contributed by atoms with van der Waals surface area (Å²) in [4.78, 5) is 10.9. The van der Waals surface area contributed by atoms with E-state index in [9.17, 15) is 0 Å². The molecule has 0 radical (unpaired) electrons. The molecule has 7 heteroatoms. The Morgan fingerprint density at radius 1 is 1.35 bits per heavy atom.